The fourth-order valence-electron chi connectivity index (χ4n) is 3.36. The Hall–Kier alpha value is -0.940. The van der Waals surface area contributed by atoms with E-state index in [4.69, 9.17) is 15.2 Å². The van der Waals surface area contributed by atoms with Gasteiger partial charge in [0.1, 0.15) is 0 Å². The molecule has 3 N–H and O–H groups in total. The van der Waals surface area contributed by atoms with Gasteiger partial charge in [0.2, 0.25) is 0 Å². The van der Waals surface area contributed by atoms with Gasteiger partial charge < -0.3 is 20.3 Å². The van der Waals surface area contributed by atoms with Crippen LogP contribution >= 0.6 is 0 Å². The van der Waals surface area contributed by atoms with E-state index < -0.39 is 5.60 Å². The van der Waals surface area contributed by atoms with Crippen molar-refractivity contribution in [3.63, 3.8) is 0 Å². The molecule has 0 bridgehead atoms. The fraction of sp³-hybridized carbons (Fsp3) is 0.625. The first-order valence-corrected chi connectivity index (χ1v) is 7.33. The maximum Gasteiger partial charge on any atom is 0.0788 e. The molecule has 1 unspecified atom stereocenters. The summed E-state index contributed by atoms with van der Waals surface area (Å²) in [6.45, 7) is 2.36. The van der Waals surface area contributed by atoms with E-state index in [2.05, 4.69) is 12.1 Å². The fourth-order valence-corrected chi connectivity index (χ4v) is 3.36. The smallest absolute Gasteiger partial charge is 0.0788 e. The molecule has 0 radical (unpaired) electrons. The lowest BCUT2D eigenvalue weighted by atomic mass is 9.59. The van der Waals surface area contributed by atoms with Gasteiger partial charge in [-0.25, -0.2) is 0 Å². The van der Waals surface area contributed by atoms with Crippen molar-refractivity contribution >= 4 is 0 Å². The molecular weight excluding hydrogens is 254 g/mol. The number of hydrogen-bond acceptors (Lipinski definition) is 4. The summed E-state index contributed by atoms with van der Waals surface area (Å²) < 4.78 is 11.3. The molecule has 1 saturated carbocycles. The predicted molar refractivity (Wildman–Crippen MR) is 76.1 cm³/mol. The standard InChI is InChI=1S/C16H23NO3/c17-11-15(6-7-19-12-15)16(18)8-14(9-16)20-10-13-4-2-1-3-5-13/h1-5,14,18H,6-12,17H2. The summed E-state index contributed by atoms with van der Waals surface area (Å²) in [6, 6.07) is 10.1. The minimum Gasteiger partial charge on any atom is -0.389 e. The van der Waals surface area contributed by atoms with Gasteiger partial charge in [-0.05, 0) is 12.0 Å². The van der Waals surface area contributed by atoms with Gasteiger partial charge in [0.25, 0.3) is 0 Å². The van der Waals surface area contributed by atoms with Crippen LogP contribution < -0.4 is 5.73 Å². The van der Waals surface area contributed by atoms with E-state index in [1.54, 1.807) is 0 Å². The van der Waals surface area contributed by atoms with Gasteiger partial charge >= 0.3 is 0 Å². The van der Waals surface area contributed by atoms with Crippen molar-refractivity contribution in [2.75, 3.05) is 19.8 Å². The van der Waals surface area contributed by atoms with E-state index >= 15 is 0 Å². The van der Waals surface area contributed by atoms with Gasteiger partial charge in [-0.1, -0.05) is 30.3 Å². The predicted octanol–water partition coefficient (Wildman–Crippen LogP) is 1.46. The molecule has 1 saturated heterocycles. The third-order valence-electron chi connectivity index (χ3n) is 4.94. The van der Waals surface area contributed by atoms with Gasteiger partial charge in [0.15, 0.2) is 0 Å². The Morgan fingerprint density at radius 1 is 1.30 bits per heavy atom. The summed E-state index contributed by atoms with van der Waals surface area (Å²) in [5, 5.41) is 10.8. The second-order valence-corrected chi connectivity index (χ2v) is 6.15. The van der Waals surface area contributed by atoms with E-state index in [1.807, 2.05) is 18.2 Å². The molecule has 0 aromatic heterocycles. The number of rotatable bonds is 5. The first-order valence-electron chi connectivity index (χ1n) is 7.33. The normalized spacial score (nSPS) is 36.8. The Kier molecular flexibility index (Phi) is 3.82. The molecule has 4 heteroatoms. The number of benzene rings is 1. The van der Waals surface area contributed by atoms with Crippen molar-refractivity contribution in [1.29, 1.82) is 0 Å². The SMILES string of the molecule is NCC1(C2(O)CC(OCc3ccccc3)C2)CCOC1. The van der Waals surface area contributed by atoms with E-state index in [-0.39, 0.29) is 11.5 Å². The van der Waals surface area contributed by atoms with E-state index in [0.29, 0.717) is 39.2 Å². The zero-order valence-corrected chi connectivity index (χ0v) is 11.8. The Morgan fingerprint density at radius 3 is 2.65 bits per heavy atom. The summed E-state index contributed by atoms with van der Waals surface area (Å²) in [6.07, 6.45) is 2.32. The van der Waals surface area contributed by atoms with Crippen LogP contribution in [0.25, 0.3) is 0 Å². The summed E-state index contributed by atoms with van der Waals surface area (Å²) in [5.74, 6) is 0. The second-order valence-electron chi connectivity index (χ2n) is 6.15. The third kappa shape index (κ3) is 2.37. The largest absolute Gasteiger partial charge is 0.389 e. The van der Waals surface area contributed by atoms with Gasteiger partial charge in [-0.2, -0.15) is 0 Å². The molecule has 20 heavy (non-hydrogen) atoms. The molecule has 2 aliphatic rings. The molecule has 3 rings (SSSR count). The summed E-state index contributed by atoms with van der Waals surface area (Å²) >= 11 is 0. The van der Waals surface area contributed by atoms with Crippen molar-refractivity contribution in [2.45, 2.75) is 37.6 Å². The number of aliphatic hydroxyl groups is 1. The summed E-state index contributed by atoms with van der Waals surface area (Å²) in [7, 11) is 0. The minimum absolute atomic E-state index is 0.129. The van der Waals surface area contributed by atoms with Gasteiger partial charge in [0, 0.05) is 31.4 Å². The Labute approximate surface area is 119 Å². The molecule has 1 aromatic rings. The van der Waals surface area contributed by atoms with Crippen LogP contribution in [-0.2, 0) is 16.1 Å². The van der Waals surface area contributed by atoms with Crippen LogP contribution in [0.15, 0.2) is 30.3 Å². The lowest BCUT2D eigenvalue weighted by Gasteiger charge is -2.53. The van der Waals surface area contributed by atoms with Crippen LogP contribution in [0.2, 0.25) is 0 Å². The highest BCUT2D eigenvalue weighted by atomic mass is 16.5. The highest BCUT2D eigenvalue weighted by Crippen LogP contribution is 2.51. The average Bonchev–Trinajstić information content (AvgIpc) is 2.94. The van der Waals surface area contributed by atoms with Crippen molar-refractivity contribution in [3.8, 4) is 0 Å². The summed E-state index contributed by atoms with van der Waals surface area (Å²) in [5.41, 5.74) is 6.09. The zero-order valence-electron chi connectivity index (χ0n) is 11.8. The highest BCUT2D eigenvalue weighted by molar-refractivity contribution is 5.14. The Morgan fingerprint density at radius 2 is 2.05 bits per heavy atom. The first-order chi connectivity index (χ1) is 9.67. The van der Waals surface area contributed by atoms with Gasteiger partial charge in [-0.15, -0.1) is 0 Å². The maximum absolute atomic E-state index is 10.8. The Bertz CT molecular complexity index is 436. The van der Waals surface area contributed by atoms with Crippen LogP contribution in [0, 0.1) is 5.41 Å². The molecule has 1 aliphatic heterocycles. The molecule has 0 spiro atoms. The molecule has 1 aliphatic carbocycles. The van der Waals surface area contributed by atoms with Gasteiger partial charge in [0.05, 0.1) is 24.9 Å². The van der Waals surface area contributed by atoms with Crippen LogP contribution in [0.4, 0.5) is 0 Å². The van der Waals surface area contributed by atoms with Crippen molar-refractivity contribution in [2.24, 2.45) is 11.1 Å². The van der Waals surface area contributed by atoms with Crippen molar-refractivity contribution in [1.82, 2.24) is 0 Å². The first kappa shape index (κ1) is 14.0. The lowest BCUT2D eigenvalue weighted by Crippen LogP contribution is -2.62. The monoisotopic (exact) mass is 277 g/mol. The topological polar surface area (TPSA) is 64.7 Å². The molecule has 1 aromatic carbocycles. The number of hydrogen-bond donors (Lipinski definition) is 2. The second kappa shape index (κ2) is 5.45. The van der Waals surface area contributed by atoms with E-state index in [0.717, 1.165) is 6.42 Å². The molecular formula is C16H23NO3. The number of nitrogens with two attached hydrogens (primary N) is 1. The molecule has 2 fully saturated rings. The Balaban J connectivity index is 1.53. The van der Waals surface area contributed by atoms with Gasteiger partial charge in [-0.3, -0.25) is 0 Å². The maximum atomic E-state index is 10.8. The quantitative estimate of drug-likeness (QED) is 0.855. The minimum atomic E-state index is -0.709. The molecule has 110 valence electrons. The van der Waals surface area contributed by atoms with E-state index in [1.165, 1.54) is 5.56 Å². The van der Waals surface area contributed by atoms with Crippen LogP contribution in [0.5, 0.6) is 0 Å². The van der Waals surface area contributed by atoms with Crippen LogP contribution in [0.3, 0.4) is 0 Å². The summed E-state index contributed by atoms with van der Waals surface area (Å²) in [4.78, 5) is 0. The molecule has 0 amide bonds. The lowest BCUT2D eigenvalue weighted by molar-refractivity contribution is -0.203. The molecule has 4 nitrogen and oxygen atoms in total. The van der Waals surface area contributed by atoms with E-state index in [9.17, 15) is 5.11 Å². The third-order valence-corrected chi connectivity index (χ3v) is 4.94. The number of ether oxygens (including phenoxy) is 2. The van der Waals surface area contributed by atoms with Crippen LogP contribution in [-0.4, -0.2) is 36.6 Å². The highest BCUT2D eigenvalue weighted by Gasteiger charge is 2.58. The molecule has 1 heterocycles. The average molecular weight is 277 g/mol. The van der Waals surface area contributed by atoms with Crippen molar-refractivity contribution < 1.29 is 14.6 Å². The zero-order chi connectivity index (χ0) is 14.1. The van der Waals surface area contributed by atoms with Crippen LogP contribution in [0.1, 0.15) is 24.8 Å². The molecule has 1 atom stereocenters. The van der Waals surface area contributed by atoms with Crippen molar-refractivity contribution in [3.05, 3.63) is 35.9 Å².